The Labute approximate surface area is 119 Å². The van der Waals surface area contributed by atoms with Crippen LogP contribution >= 0.6 is 0 Å². The summed E-state index contributed by atoms with van der Waals surface area (Å²) in [4.78, 5) is 13.9. The number of nitriles is 1. The third-order valence-corrected chi connectivity index (χ3v) is 3.04. The fourth-order valence-electron chi connectivity index (χ4n) is 1.85. The highest BCUT2D eigenvalue weighted by Gasteiger charge is 2.11. The number of carbonyl (C=O) groups excluding carboxylic acids is 1. The van der Waals surface area contributed by atoms with Gasteiger partial charge in [0.1, 0.15) is 0 Å². The van der Waals surface area contributed by atoms with Crippen LogP contribution in [0, 0.1) is 11.3 Å². The molecule has 2 N–H and O–H groups in total. The van der Waals surface area contributed by atoms with Crippen LogP contribution in [0.2, 0.25) is 0 Å². The van der Waals surface area contributed by atoms with E-state index in [2.05, 4.69) is 10.2 Å². The van der Waals surface area contributed by atoms with E-state index in [4.69, 9.17) is 10.4 Å². The van der Waals surface area contributed by atoms with Crippen LogP contribution < -0.4 is 5.32 Å². The SMILES string of the molecule is CC(C)N(CCO)CCC(=O)Nc1ccc(C#N)cc1. The zero-order valence-electron chi connectivity index (χ0n) is 12.0. The lowest BCUT2D eigenvalue weighted by atomic mass is 10.2. The molecule has 5 nitrogen and oxygen atoms in total. The molecule has 0 spiro atoms. The number of hydrogen-bond acceptors (Lipinski definition) is 4. The highest BCUT2D eigenvalue weighted by Crippen LogP contribution is 2.09. The molecule has 0 aliphatic heterocycles. The molecule has 0 radical (unpaired) electrons. The van der Waals surface area contributed by atoms with Crippen molar-refractivity contribution in [3.8, 4) is 6.07 Å². The van der Waals surface area contributed by atoms with Gasteiger partial charge in [-0.05, 0) is 38.1 Å². The Balaban J connectivity index is 2.44. The van der Waals surface area contributed by atoms with Crippen molar-refractivity contribution in [2.75, 3.05) is 25.0 Å². The molecular formula is C15H21N3O2. The minimum Gasteiger partial charge on any atom is -0.395 e. The topological polar surface area (TPSA) is 76.4 Å². The molecule has 0 aliphatic rings. The van der Waals surface area contributed by atoms with Gasteiger partial charge < -0.3 is 10.4 Å². The Hall–Kier alpha value is -1.90. The summed E-state index contributed by atoms with van der Waals surface area (Å²) < 4.78 is 0. The Morgan fingerprint density at radius 1 is 1.35 bits per heavy atom. The summed E-state index contributed by atoms with van der Waals surface area (Å²) >= 11 is 0. The van der Waals surface area contributed by atoms with E-state index in [1.54, 1.807) is 24.3 Å². The molecule has 0 aliphatic carbocycles. The van der Waals surface area contributed by atoms with Crippen LogP contribution in [0.4, 0.5) is 5.69 Å². The second kappa shape index (κ2) is 8.31. The van der Waals surface area contributed by atoms with Crippen LogP contribution in [0.15, 0.2) is 24.3 Å². The monoisotopic (exact) mass is 275 g/mol. The van der Waals surface area contributed by atoms with Crippen LogP contribution in [-0.4, -0.2) is 41.7 Å². The lowest BCUT2D eigenvalue weighted by molar-refractivity contribution is -0.116. The number of benzene rings is 1. The quantitative estimate of drug-likeness (QED) is 0.792. The first-order valence-corrected chi connectivity index (χ1v) is 6.71. The molecule has 1 rings (SSSR count). The number of amides is 1. The molecule has 0 saturated carbocycles. The van der Waals surface area contributed by atoms with Crippen LogP contribution in [-0.2, 0) is 4.79 Å². The van der Waals surface area contributed by atoms with Crippen molar-refractivity contribution < 1.29 is 9.90 Å². The van der Waals surface area contributed by atoms with Crippen molar-refractivity contribution in [2.24, 2.45) is 0 Å². The Bertz CT molecular complexity index is 463. The fourth-order valence-corrected chi connectivity index (χ4v) is 1.85. The lowest BCUT2D eigenvalue weighted by Crippen LogP contribution is -2.35. The molecule has 0 aromatic heterocycles. The zero-order chi connectivity index (χ0) is 15.0. The first-order valence-electron chi connectivity index (χ1n) is 6.71. The number of anilines is 1. The van der Waals surface area contributed by atoms with Gasteiger partial charge in [0, 0.05) is 31.2 Å². The number of hydrogen-bond donors (Lipinski definition) is 2. The highest BCUT2D eigenvalue weighted by molar-refractivity contribution is 5.90. The third-order valence-electron chi connectivity index (χ3n) is 3.04. The number of nitrogens with one attached hydrogen (secondary N) is 1. The van der Waals surface area contributed by atoms with Gasteiger partial charge in [-0.25, -0.2) is 0 Å². The molecule has 0 saturated heterocycles. The predicted molar refractivity (Wildman–Crippen MR) is 78.2 cm³/mol. The van der Waals surface area contributed by atoms with Crippen LogP contribution in [0.5, 0.6) is 0 Å². The van der Waals surface area contributed by atoms with Crippen molar-refractivity contribution in [2.45, 2.75) is 26.3 Å². The number of aliphatic hydroxyl groups is 1. The van der Waals surface area contributed by atoms with Crippen LogP contribution in [0.25, 0.3) is 0 Å². The molecule has 108 valence electrons. The Morgan fingerprint density at radius 2 is 2.00 bits per heavy atom. The van der Waals surface area contributed by atoms with Gasteiger partial charge in [0.2, 0.25) is 5.91 Å². The normalized spacial score (nSPS) is 10.6. The first-order chi connectivity index (χ1) is 9.56. The molecule has 0 fully saturated rings. The Kier molecular flexibility index (Phi) is 6.71. The maximum atomic E-state index is 11.8. The predicted octanol–water partition coefficient (Wildman–Crippen LogP) is 1.59. The second-order valence-corrected chi connectivity index (χ2v) is 4.84. The van der Waals surface area contributed by atoms with E-state index in [0.29, 0.717) is 36.8 Å². The van der Waals surface area contributed by atoms with Crippen molar-refractivity contribution >= 4 is 11.6 Å². The molecule has 5 heteroatoms. The standard InChI is InChI=1S/C15H21N3O2/c1-12(2)18(9-10-19)8-7-15(20)17-14-5-3-13(11-16)4-6-14/h3-6,12,19H,7-10H2,1-2H3,(H,17,20). The summed E-state index contributed by atoms with van der Waals surface area (Å²) in [5, 5.41) is 20.5. The Morgan fingerprint density at radius 3 is 2.50 bits per heavy atom. The van der Waals surface area contributed by atoms with Gasteiger partial charge in [0.05, 0.1) is 18.2 Å². The molecule has 0 unspecified atom stereocenters. The van der Waals surface area contributed by atoms with E-state index in [0.717, 1.165) is 0 Å². The van der Waals surface area contributed by atoms with E-state index in [9.17, 15) is 4.79 Å². The van der Waals surface area contributed by atoms with Gasteiger partial charge in [-0.3, -0.25) is 9.69 Å². The summed E-state index contributed by atoms with van der Waals surface area (Å²) in [5.74, 6) is -0.0710. The molecule has 0 bridgehead atoms. The lowest BCUT2D eigenvalue weighted by Gasteiger charge is -2.25. The fraction of sp³-hybridized carbons (Fsp3) is 0.467. The van der Waals surface area contributed by atoms with Gasteiger partial charge in [-0.1, -0.05) is 0 Å². The number of carbonyl (C=O) groups is 1. The average molecular weight is 275 g/mol. The van der Waals surface area contributed by atoms with Crippen molar-refractivity contribution in [3.63, 3.8) is 0 Å². The summed E-state index contributed by atoms with van der Waals surface area (Å²) in [6, 6.07) is 9.09. The number of rotatable bonds is 7. The summed E-state index contributed by atoms with van der Waals surface area (Å²) in [5.41, 5.74) is 1.25. The van der Waals surface area contributed by atoms with Crippen molar-refractivity contribution in [3.05, 3.63) is 29.8 Å². The van der Waals surface area contributed by atoms with Crippen LogP contribution in [0.1, 0.15) is 25.8 Å². The van der Waals surface area contributed by atoms with Crippen molar-refractivity contribution in [1.82, 2.24) is 4.90 Å². The molecular weight excluding hydrogens is 254 g/mol. The molecule has 1 aromatic carbocycles. The highest BCUT2D eigenvalue weighted by atomic mass is 16.3. The van der Waals surface area contributed by atoms with Gasteiger partial charge in [0.25, 0.3) is 0 Å². The minimum absolute atomic E-state index is 0.0710. The number of nitrogens with zero attached hydrogens (tertiary/aromatic N) is 2. The smallest absolute Gasteiger partial charge is 0.225 e. The van der Waals surface area contributed by atoms with Crippen LogP contribution in [0.3, 0.4) is 0 Å². The van der Waals surface area contributed by atoms with Crippen molar-refractivity contribution in [1.29, 1.82) is 5.26 Å². The maximum absolute atomic E-state index is 11.8. The van der Waals surface area contributed by atoms with E-state index in [1.807, 2.05) is 19.9 Å². The summed E-state index contributed by atoms with van der Waals surface area (Å²) in [6.07, 6.45) is 0.373. The summed E-state index contributed by atoms with van der Waals surface area (Å²) in [7, 11) is 0. The molecule has 1 aromatic rings. The second-order valence-electron chi connectivity index (χ2n) is 4.84. The summed E-state index contributed by atoms with van der Waals surface area (Å²) in [6.45, 7) is 5.35. The average Bonchev–Trinajstić information content (AvgIpc) is 2.44. The van der Waals surface area contributed by atoms with E-state index >= 15 is 0 Å². The van der Waals surface area contributed by atoms with Gasteiger partial charge in [-0.15, -0.1) is 0 Å². The van der Waals surface area contributed by atoms with Gasteiger partial charge >= 0.3 is 0 Å². The van der Waals surface area contributed by atoms with E-state index < -0.39 is 0 Å². The van der Waals surface area contributed by atoms with Gasteiger partial charge in [0.15, 0.2) is 0 Å². The van der Waals surface area contributed by atoms with Gasteiger partial charge in [-0.2, -0.15) is 5.26 Å². The molecule has 20 heavy (non-hydrogen) atoms. The molecule has 0 heterocycles. The van der Waals surface area contributed by atoms with E-state index in [1.165, 1.54) is 0 Å². The third kappa shape index (κ3) is 5.39. The number of aliphatic hydroxyl groups excluding tert-OH is 1. The molecule has 1 amide bonds. The zero-order valence-corrected chi connectivity index (χ0v) is 12.0. The first kappa shape index (κ1) is 16.2. The largest absolute Gasteiger partial charge is 0.395 e. The van der Waals surface area contributed by atoms with E-state index in [-0.39, 0.29) is 12.5 Å². The molecule has 0 atom stereocenters. The minimum atomic E-state index is -0.0710. The maximum Gasteiger partial charge on any atom is 0.225 e.